The van der Waals surface area contributed by atoms with Crippen molar-refractivity contribution >= 4 is 57.4 Å². The number of methoxy groups -OCH3 is 1. The van der Waals surface area contributed by atoms with Crippen LogP contribution in [0.3, 0.4) is 0 Å². The second-order valence-electron chi connectivity index (χ2n) is 5.44. The van der Waals surface area contributed by atoms with Gasteiger partial charge in [0.1, 0.15) is 11.0 Å². The molecule has 1 heterocycles. The summed E-state index contributed by atoms with van der Waals surface area (Å²) in [5.41, 5.74) is 2.67. The average Bonchev–Trinajstić information content (AvgIpc) is 3.12. The molecule has 0 unspecified atom stereocenters. The zero-order valence-electron chi connectivity index (χ0n) is 14.2. The van der Waals surface area contributed by atoms with Gasteiger partial charge in [-0.15, -0.1) is 0 Å². The van der Waals surface area contributed by atoms with Crippen molar-refractivity contribution < 1.29 is 14.5 Å². The van der Waals surface area contributed by atoms with Crippen molar-refractivity contribution in [2.24, 2.45) is 0 Å². The molecule has 0 aliphatic heterocycles. The summed E-state index contributed by atoms with van der Waals surface area (Å²) in [4.78, 5) is 22.9. The monoisotopic (exact) mass is 403 g/mol. The summed E-state index contributed by atoms with van der Waals surface area (Å²) < 4.78 is 13.3. The van der Waals surface area contributed by atoms with Crippen LogP contribution in [0.25, 0.3) is 11.0 Å². The lowest BCUT2D eigenvalue weighted by atomic mass is 10.1. The van der Waals surface area contributed by atoms with E-state index in [0.29, 0.717) is 16.7 Å². The standard InChI is InChI=1S/C16H13N5O4S2/c1-8-3-5-10-14(20-27-19-10)13(8)17-16(26)18-15(22)9-4-6-12(25-2)11(7-9)21(23)24/h3-7H,1-2H3,(H2,17,18,22,26). The summed E-state index contributed by atoms with van der Waals surface area (Å²) >= 11 is 6.27. The number of carbonyl (C=O) groups excluding carboxylic acids is 1. The molecule has 9 nitrogen and oxygen atoms in total. The molecule has 27 heavy (non-hydrogen) atoms. The van der Waals surface area contributed by atoms with Crippen molar-refractivity contribution in [1.29, 1.82) is 0 Å². The van der Waals surface area contributed by atoms with Crippen LogP contribution in [-0.4, -0.2) is 31.8 Å². The molecule has 2 N–H and O–H groups in total. The van der Waals surface area contributed by atoms with E-state index >= 15 is 0 Å². The summed E-state index contributed by atoms with van der Waals surface area (Å²) in [6.07, 6.45) is 0. The number of thiocarbonyl (C=S) groups is 1. The summed E-state index contributed by atoms with van der Waals surface area (Å²) in [6, 6.07) is 7.61. The Kier molecular flexibility index (Phi) is 5.23. The molecule has 0 spiro atoms. The van der Waals surface area contributed by atoms with Crippen molar-refractivity contribution in [2.75, 3.05) is 12.4 Å². The summed E-state index contributed by atoms with van der Waals surface area (Å²) in [7, 11) is 1.32. The molecule has 0 aliphatic rings. The van der Waals surface area contributed by atoms with E-state index in [1.54, 1.807) is 0 Å². The minimum Gasteiger partial charge on any atom is -0.490 e. The van der Waals surface area contributed by atoms with E-state index in [9.17, 15) is 14.9 Å². The van der Waals surface area contributed by atoms with E-state index in [1.807, 2.05) is 19.1 Å². The first-order valence-electron chi connectivity index (χ1n) is 7.57. The smallest absolute Gasteiger partial charge is 0.311 e. The number of ether oxygens (including phenoxy) is 1. The van der Waals surface area contributed by atoms with E-state index in [1.165, 1.54) is 19.2 Å². The molecule has 3 rings (SSSR count). The second-order valence-corrected chi connectivity index (χ2v) is 6.38. The number of amides is 1. The minimum absolute atomic E-state index is 0.0436. The molecule has 138 valence electrons. The molecular weight excluding hydrogens is 390 g/mol. The van der Waals surface area contributed by atoms with Crippen LogP contribution in [0, 0.1) is 17.0 Å². The molecule has 2 aromatic carbocycles. The number of carbonyl (C=O) groups is 1. The molecule has 0 saturated carbocycles. The zero-order chi connectivity index (χ0) is 19.6. The Morgan fingerprint density at radius 3 is 2.78 bits per heavy atom. The van der Waals surface area contributed by atoms with Crippen LogP contribution in [0.1, 0.15) is 15.9 Å². The Morgan fingerprint density at radius 1 is 1.30 bits per heavy atom. The van der Waals surface area contributed by atoms with E-state index in [0.717, 1.165) is 23.4 Å². The van der Waals surface area contributed by atoms with E-state index in [2.05, 4.69) is 19.4 Å². The Morgan fingerprint density at radius 2 is 2.07 bits per heavy atom. The van der Waals surface area contributed by atoms with Gasteiger partial charge in [-0.25, -0.2) is 0 Å². The number of nitro groups is 1. The number of anilines is 1. The second kappa shape index (κ2) is 7.60. The fraction of sp³-hybridized carbons (Fsp3) is 0.125. The van der Waals surface area contributed by atoms with Crippen molar-refractivity contribution in [3.8, 4) is 5.75 Å². The highest BCUT2D eigenvalue weighted by Gasteiger charge is 2.19. The van der Waals surface area contributed by atoms with Crippen LogP contribution in [0.2, 0.25) is 0 Å². The highest BCUT2D eigenvalue weighted by atomic mass is 32.1. The third-order valence-electron chi connectivity index (χ3n) is 3.74. The van der Waals surface area contributed by atoms with Gasteiger partial charge >= 0.3 is 5.69 Å². The van der Waals surface area contributed by atoms with Gasteiger partial charge in [-0.2, -0.15) is 8.75 Å². The molecule has 0 radical (unpaired) electrons. The zero-order valence-corrected chi connectivity index (χ0v) is 15.8. The van der Waals surface area contributed by atoms with Crippen molar-refractivity contribution in [3.05, 3.63) is 51.6 Å². The summed E-state index contributed by atoms with van der Waals surface area (Å²) in [5.74, 6) is -0.518. The molecule has 11 heteroatoms. The molecule has 0 saturated heterocycles. The van der Waals surface area contributed by atoms with E-state index < -0.39 is 10.8 Å². The Labute approximate surface area is 162 Å². The summed E-state index contributed by atoms with van der Waals surface area (Å²) in [6.45, 7) is 1.87. The molecule has 0 aliphatic carbocycles. The molecular formula is C16H13N5O4S2. The largest absolute Gasteiger partial charge is 0.490 e. The fourth-order valence-electron chi connectivity index (χ4n) is 2.40. The average molecular weight is 403 g/mol. The van der Waals surface area contributed by atoms with Gasteiger partial charge in [-0.1, -0.05) is 6.07 Å². The van der Waals surface area contributed by atoms with Gasteiger partial charge in [0.05, 0.1) is 29.4 Å². The molecule has 1 aromatic heterocycles. The number of nitrogens with one attached hydrogen (secondary N) is 2. The first-order valence-corrected chi connectivity index (χ1v) is 8.71. The lowest BCUT2D eigenvalue weighted by Crippen LogP contribution is -2.34. The molecule has 0 atom stereocenters. The molecule has 3 aromatic rings. The lowest BCUT2D eigenvalue weighted by Gasteiger charge is -2.12. The maximum absolute atomic E-state index is 12.4. The number of hydrogen-bond donors (Lipinski definition) is 2. The van der Waals surface area contributed by atoms with E-state index in [4.69, 9.17) is 17.0 Å². The summed E-state index contributed by atoms with van der Waals surface area (Å²) in [5, 5.41) is 16.6. The van der Waals surface area contributed by atoms with Gasteiger partial charge in [0.25, 0.3) is 5.91 Å². The number of fused-ring (bicyclic) bond motifs is 1. The van der Waals surface area contributed by atoms with Crippen molar-refractivity contribution in [1.82, 2.24) is 14.1 Å². The number of aryl methyl sites for hydroxylation is 1. The van der Waals surface area contributed by atoms with Crippen LogP contribution >= 0.6 is 23.9 Å². The maximum Gasteiger partial charge on any atom is 0.311 e. The Hall–Kier alpha value is -3.18. The van der Waals surface area contributed by atoms with Crippen molar-refractivity contribution in [3.63, 3.8) is 0 Å². The van der Waals surface area contributed by atoms with Crippen LogP contribution in [0.15, 0.2) is 30.3 Å². The fourth-order valence-corrected chi connectivity index (χ4v) is 3.14. The van der Waals surface area contributed by atoms with Crippen molar-refractivity contribution in [2.45, 2.75) is 6.92 Å². The predicted molar refractivity (Wildman–Crippen MR) is 105 cm³/mol. The van der Waals surface area contributed by atoms with Gasteiger partial charge in [0.2, 0.25) is 0 Å². The number of nitrogens with zero attached hydrogens (tertiary/aromatic N) is 3. The number of nitro benzene ring substituents is 1. The third kappa shape index (κ3) is 3.83. The van der Waals surface area contributed by atoms with Gasteiger partial charge in [-0.3, -0.25) is 20.2 Å². The molecule has 0 fully saturated rings. The quantitative estimate of drug-likeness (QED) is 0.387. The highest BCUT2D eigenvalue weighted by molar-refractivity contribution is 7.80. The topological polar surface area (TPSA) is 119 Å². The molecule has 0 bridgehead atoms. The number of hydrogen-bond acceptors (Lipinski definition) is 8. The predicted octanol–water partition coefficient (Wildman–Crippen LogP) is 3.04. The van der Waals surface area contributed by atoms with Gasteiger partial charge in [0, 0.05) is 11.6 Å². The van der Waals surface area contributed by atoms with Crippen LogP contribution < -0.4 is 15.4 Å². The van der Waals surface area contributed by atoms with Crippen LogP contribution in [-0.2, 0) is 0 Å². The van der Waals surface area contributed by atoms with Gasteiger partial charge < -0.3 is 10.1 Å². The Bertz CT molecular complexity index is 1070. The molecule has 1 amide bonds. The minimum atomic E-state index is -0.620. The normalized spacial score (nSPS) is 10.4. The first-order chi connectivity index (χ1) is 12.9. The third-order valence-corrected chi connectivity index (χ3v) is 4.49. The first kappa shape index (κ1) is 18.6. The lowest BCUT2D eigenvalue weighted by molar-refractivity contribution is -0.385. The van der Waals surface area contributed by atoms with Crippen LogP contribution in [0.5, 0.6) is 5.75 Å². The Balaban J connectivity index is 1.79. The van der Waals surface area contributed by atoms with Gasteiger partial charge in [-0.05, 0) is 42.9 Å². The van der Waals surface area contributed by atoms with Crippen LogP contribution in [0.4, 0.5) is 11.4 Å². The number of benzene rings is 2. The maximum atomic E-state index is 12.4. The number of rotatable bonds is 4. The number of aromatic nitrogens is 2. The van der Waals surface area contributed by atoms with Gasteiger partial charge in [0.15, 0.2) is 10.9 Å². The SMILES string of the molecule is COc1ccc(C(=O)NC(=S)Nc2c(C)ccc3nsnc23)cc1[N+](=O)[O-]. The van der Waals surface area contributed by atoms with E-state index in [-0.39, 0.29) is 22.1 Å². The highest BCUT2D eigenvalue weighted by Crippen LogP contribution is 2.28.